The molecule has 0 atom stereocenters. The molecule has 0 amide bonds. The standard InChI is InChI=1S/C16H28ClN5O/c1-15(2)7-10(8-16(3,4)22-15)9-19-13-11(5-6-23)12(17)20-14(18)21-13/h10,22-23H,5-9H2,1-4H3,(H3,18,19,20,21). The molecule has 6 nitrogen and oxygen atoms in total. The minimum atomic E-state index is -0.00487. The fourth-order valence-electron chi connectivity index (χ4n) is 3.87. The van der Waals surface area contributed by atoms with Gasteiger partial charge in [-0.1, -0.05) is 11.6 Å². The molecule has 2 rings (SSSR count). The van der Waals surface area contributed by atoms with Gasteiger partial charge in [0.15, 0.2) is 0 Å². The molecule has 1 saturated heterocycles. The number of anilines is 2. The van der Waals surface area contributed by atoms with Crippen LogP contribution in [0, 0.1) is 5.92 Å². The van der Waals surface area contributed by atoms with Crippen LogP contribution >= 0.6 is 11.6 Å². The largest absolute Gasteiger partial charge is 0.396 e. The number of rotatable bonds is 5. The Morgan fingerprint density at radius 1 is 1.26 bits per heavy atom. The Hall–Kier alpha value is -1.11. The van der Waals surface area contributed by atoms with Crippen LogP contribution in [0.4, 0.5) is 11.8 Å². The minimum Gasteiger partial charge on any atom is -0.396 e. The highest BCUT2D eigenvalue weighted by Gasteiger charge is 2.37. The van der Waals surface area contributed by atoms with E-state index >= 15 is 0 Å². The predicted molar refractivity (Wildman–Crippen MR) is 94.8 cm³/mol. The molecule has 23 heavy (non-hydrogen) atoms. The smallest absolute Gasteiger partial charge is 0.223 e. The number of hydrogen-bond donors (Lipinski definition) is 4. The van der Waals surface area contributed by atoms with Crippen molar-refractivity contribution in [1.29, 1.82) is 0 Å². The van der Waals surface area contributed by atoms with Gasteiger partial charge in [0, 0.05) is 36.2 Å². The third-order valence-electron chi connectivity index (χ3n) is 4.17. The lowest BCUT2D eigenvalue weighted by Gasteiger charge is -2.46. The van der Waals surface area contributed by atoms with E-state index in [1.54, 1.807) is 0 Å². The fourth-order valence-corrected chi connectivity index (χ4v) is 4.14. The number of nitrogen functional groups attached to an aromatic ring is 1. The summed E-state index contributed by atoms with van der Waals surface area (Å²) in [5.74, 6) is 1.29. The van der Waals surface area contributed by atoms with Crippen molar-refractivity contribution in [2.24, 2.45) is 5.92 Å². The summed E-state index contributed by atoms with van der Waals surface area (Å²) in [5, 5.41) is 16.6. The van der Waals surface area contributed by atoms with E-state index in [4.69, 9.17) is 17.3 Å². The van der Waals surface area contributed by atoms with Crippen LogP contribution in [0.5, 0.6) is 0 Å². The molecule has 1 aromatic heterocycles. The van der Waals surface area contributed by atoms with E-state index in [1.807, 2.05) is 0 Å². The van der Waals surface area contributed by atoms with E-state index in [-0.39, 0.29) is 23.6 Å². The van der Waals surface area contributed by atoms with Gasteiger partial charge in [0.1, 0.15) is 11.0 Å². The highest BCUT2D eigenvalue weighted by molar-refractivity contribution is 6.30. The van der Waals surface area contributed by atoms with Gasteiger partial charge in [-0.15, -0.1) is 0 Å². The number of hydrogen-bond acceptors (Lipinski definition) is 6. The summed E-state index contributed by atoms with van der Waals surface area (Å²) in [6.07, 6.45) is 2.56. The Balaban J connectivity index is 2.11. The number of aliphatic hydroxyl groups is 1. The summed E-state index contributed by atoms with van der Waals surface area (Å²) in [7, 11) is 0. The van der Waals surface area contributed by atoms with Gasteiger partial charge < -0.3 is 21.5 Å². The maximum absolute atomic E-state index is 9.21. The summed E-state index contributed by atoms with van der Waals surface area (Å²) < 4.78 is 0. The summed E-state index contributed by atoms with van der Waals surface area (Å²) in [6, 6.07) is 0. The molecule has 5 N–H and O–H groups in total. The Morgan fingerprint density at radius 2 is 1.87 bits per heavy atom. The summed E-state index contributed by atoms with van der Waals surface area (Å²) >= 11 is 6.13. The zero-order chi connectivity index (χ0) is 17.3. The topological polar surface area (TPSA) is 96.1 Å². The van der Waals surface area contributed by atoms with Gasteiger partial charge in [-0.3, -0.25) is 0 Å². The van der Waals surface area contributed by atoms with Gasteiger partial charge in [0.05, 0.1) is 0 Å². The second kappa shape index (κ2) is 6.79. The zero-order valence-corrected chi connectivity index (χ0v) is 15.2. The van der Waals surface area contributed by atoms with Crippen molar-refractivity contribution in [2.75, 3.05) is 24.2 Å². The van der Waals surface area contributed by atoms with Crippen molar-refractivity contribution in [1.82, 2.24) is 15.3 Å². The van der Waals surface area contributed by atoms with Crippen molar-refractivity contribution in [2.45, 2.75) is 58.0 Å². The highest BCUT2D eigenvalue weighted by Crippen LogP contribution is 2.33. The summed E-state index contributed by atoms with van der Waals surface area (Å²) in [6.45, 7) is 9.72. The first-order valence-corrected chi connectivity index (χ1v) is 8.46. The van der Waals surface area contributed by atoms with Crippen molar-refractivity contribution in [3.63, 3.8) is 0 Å². The average Bonchev–Trinajstić information content (AvgIpc) is 2.36. The molecule has 1 fully saturated rings. The quantitative estimate of drug-likeness (QED) is 0.613. The third kappa shape index (κ3) is 4.93. The molecule has 1 aliphatic rings. The average molecular weight is 342 g/mol. The first-order chi connectivity index (χ1) is 10.6. The number of aliphatic hydroxyl groups excluding tert-OH is 1. The third-order valence-corrected chi connectivity index (χ3v) is 4.48. The van der Waals surface area contributed by atoms with Gasteiger partial charge in [0.25, 0.3) is 0 Å². The molecule has 1 aromatic rings. The van der Waals surface area contributed by atoms with Crippen LogP contribution in [-0.4, -0.2) is 39.3 Å². The number of nitrogens with one attached hydrogen (secondary N) is 2. The van der Waals surface area contributed by atoms with Gasteiger partial charge in [-0.25, -0.2) is 4.98 Å². The van der Waals surface area contributed by atoms with E-state index in [1.165, 1.54) is 0 Å². The van der Waals surface area contributed by atoms with Crippen LogP contribution in [0.25, 0.3) is 0 Å². The number of piperidine rings is 1. The van der Waals surface area contributed by atoms with Crippen molar-refractivity contribution in [3.05, 3.63) is 10.7 Å². The first kappa shape index (κ1) is 18.2. The molecule has 0 saturated carbocycles. The van der Waals surface area contributed by atoms with Crippen LogP contribution < -0.4 is 16.4 Å². The van der Waals surface area contributed by atoms with Crippen LogP contribution in [0.1, 0.15) is 46.1 Å². The molecule has 0 unspecified atom stereocenters. The molecule has 7 heteroatoms. The van der Waals surface area contributed by atoms with Crippen molar-refractivity contribution < 1.29 is 5.11 Å². The van der Waals surface area contributed by atoms with Crippen molar-refractivity contribution in [3.8, 4) is 0 Å². The number of halogens is 1. The number of aromatic nitrogens is 2. The van der Waals surface area contributed by atoms with Crippen LogP contribution in [-0.2, 0) is 6.42 Å². The lowest BCUT2D eigenvalue weighted by Crippen LogP contribution is -2.58. The minimum absolute atomic E-state index is 0.00487. The Labute approximate surface area is 143 Å². The number of nitrogens with zero attached hydrogens (tertiary/aromatic N) is 2. The maximum atomic E-state index is 9.21. The molecule has 0 aliphatic carbocycles. The van der Waals surface area contributed by atoms with Gasteiger partial charge >= 0.3 is 0 Å². The predicted octanol–water partition coefficient (Wildman–Crippen LogP) is 2.22. The molecule has 0 aromatic carbocycles. The second-order valence-electron chi connectivity index (χ2n) is 7.72. The monoisotopic (exact) mass is 341 g/mol. The molecule has 0 radical (unpaired) electrons. The van der Waals surface area contributed by atoms with E-state index in [9.17, 15) is 5.11 Å². The molecular weight excluding hydrogens is 314 g/mol. The Morgan fingerprint density at radius 3 is 2.43 bits per heavy atom. The first-order valence-electron chi connectivity index (χ1n) is 8.08. The number of nitrogens with two attached hydrogens (primary N) is 1. The van der Waals surface area contributed by atoms with E-state index in [2.05, 4.69) is 48.3 Å². The zero-order valence-electron chi connectivity index (χ0n) is 14.4. The van der Waals surface area contributed by atoms with E-state index < -0.39 is 0 Å². The molecule has 0 bridgehead atoms. The van der Waals surface area contributed by atoms with Gasteiger partial charge in [0.2, 0.25) is 5.95 Å². The van der Waals surface area contributed by atoms with E-state index in [0.717, 1.165) is 24.9 Å². The molecule has 130 valence electrons. The molecular formula is C16H28ClN5O. The van der Waals surface area contributed by atoms with Gasteiger partial charge in [-0.2, -0.15) is 4.98 Å². The fraction of sp³-hybridized carbons (Fsp3) is 0.750. The van der Waals surface area contributed by atoms with Gasteiger partial charge in [-0.05, 0) is 46.5 Å². The Kier molecular flexibility index (Phi) is 5.38. The SMILES string of the molecule is CC1(C)CC(CNc2nc(N)nc(Cl)c2CCO)CC(C)(C)N1. The highest BCUT2D eigenvalue weighted by atomic mass is 35.5. The molecule has 0 spiro atoms. The van der Waals surface area contributed by atoms with Crippen LogP contribution in [0.15, 0.2) is 0 Å². The summed E-state index contributed by atoms with van der Waals surface area (Å²) in [4.78, 5) is 8.22. The lowest BCUT2D eigenvalue weighted by atomic mass is 9.76. The van der Waals surface area contributed by atoms with Crippen LogP contribution in [0.2, 0.25) is 5.15 Å². The van der Waals surface area contributed by atoms with E-state index in [0.29, 0.717) is 23.3 Å². The Bertz CT molecular complexity index is 546. The second-order valence-corrected chi connectivity index (χ2v) is 8.08. The lowest BCUT2D eigenvalue weighted by molar-refractivity contribution is 0.134. The summed E-state index contributed by atoms with van der Waals surface area (Å²) in [5.41, 5.74) is 6.62. The molecule has 2 heterocycles. The maximum Gasteiger partial charge on any atom is 0.223 e. The molecule has 1 aliphatic heterocycles. The normalized spacial score (nSPS) is 20.4. The van der Waals surface area contributed by atoms with Crippen molar-refractivity contribution >= 4 is 23.4 Å². The van der Waals surface area contributed by atoms with Crippen LogP contribution in [0.3, 0.4) is 0 Å².